The van der Waals surface area contributed by atoms with Gasteiger partial charge in [-0.05, 0) is 31.5 Å². The van der Waals surface area contributed by atoms with Crippen LogP contribution in [0.25, 0.3) is 10.9 Å². The smallest absolute Gasteiger partial charge is 0.238 e. The Kier molecular flexibility index (Phi) is 3.39. The SMILES string of the molecule is Cc1cccc2c1ccn2C(C)C(C)C(=O)NN. The van der Waals surface area contributed by atoms with Crippen LogP contribution in [0.2, 0.25) is 0 Å². The van der Waals surface area contributed by atoms with Crippen LogP contribution >= 0.6 is 0 Å². The van der Waals surface area contributed by atoms with Crippen molar-refractivity contribution >= 4 is 16.8 Å². The second-order valence-electron chi connectivity index (χ2n) is 4.77. The number of benzene rings is 1. The van der Waals surface area contributed by atoms with Crippen LogP contribution in [-0.4, -0.2) is 10.5 Å². The molecule has 18 heavy (non-hydrogen) atoms. The molecule has 1 aromatic carbocycles. The zero-order chi connectivity index (χ0) is 13.3. The molecule has 0 bridgehead atoms. The molecule has 2 unspecified atom stereocenters. The Hall–Kier alpha value is -1.81. The van der Waals surface area contributed by atoms with Crippen molar-refractivity contribution in [2.45, 2.75) is 26.8 Å². The monoisotopic (exact) mass is 245 g/mol. The normalized spacial score (nSPS) is 14.4. The van der Waals surface area contributed by atoms with Crippen LogP contribution in [0.3, 0.4) is 0 Å². The van der Waals surface area contributed by atoms with Crippen molar-refractivity contribution < 1.29 is 4.79 Å². The highest BCUT2D eigenvalue weighted by Crippen LogP contribution is 2.26. The van der Waals surface area contributed by atoms with Gasteiger partial charge in [0.05, 0.1) is 5.92 Å². The molecular weight excluding hydrogens is 226 g/mol. The minimum absolute atomic E-state index is 0.0628. The average Bonchev–Trinajstić information content (AvgIpc) is 2.81. The zero-order valence-electron chi connectivity index (χ0n) is 11.0. The van der Waals surface area contributed by atoms with Gasteiger partial charge in [0, 0.05) is 23.1 Å². The maximum absolute atomic E-state index is 11.6. The summed E-state index contributed by atoms with van der Waals surface area (Å²) in [5.74, 6) is 4.88. The summed E-state index contributed by atoms with van der Waals surface area (Å²) in [5.41, 5.74) is 4.61. The molecule has 2 rings (SSSR count). The Morgan fingerprint density at radius 1 is 1.33 bits per heavy atom. The van der Waals surface area contributed by atoms with Crippen molar-refractivity contribution in [3.8, 4) is 0 Å². The fraction of sp³-hybridized carbons (Fsp3) is 0.357. The van der Waals surface area contributed by atoms with Gasteiger partial charge in [-0.2, -0.15) is 0 Å². The Labute approximate surface area is 107 Å². The van der Waals surface area contributed by atoms with E-state index < -0.39 is 0 Å². The molecule has 0 radical (unpaired) electrons. The van der Waals surface area contributed by atoms with E-state index >= 15 is 0 Å². The Bertz CT molecular complexity index is 573. The van der Waals surface area contributed by atoms with E-state index in [0.29, 0.717) is 0 Å². The third-order valence-corrected chi connectivity index (χ3v) is 3.70. The number of aromatic nitrogens is 1. The number of hydrogen-bond donors (Lipinski definition) is 2. The highest BCUT2D eigenvalue weighted by atomic mass is 16.2. The van der Waals surface area contributed by atoms with Gasteiger partial charge in [0.1, 0.15) is 0 Å². The maximum Gasteiger partial charge on any atom is 0.238 e. The highest BCUT2D eigenvalue weighted by molar-refractivity contribution is 5.84. The van der Waals surface area contributed by atoms with Gasteiger partial charge in [-0.15, -0.1) is 0 Å². The molecule has 3 N–H and O–H groups in total. The number of rotatable bonds is 3. The van der Waals surface area contributed by atoms with Gasteiger partial charge in [0.25, 0.3) is 0 Å². The number of nitrogens with zero attached hydrogens (tertiary/aromatic N) is 1. The predicted octanol–water partition coefficient (Wildman–Crippen LogP) is 2.14. The van der Waals surface area contributed by atoms with Crippen LogP contribution in [0.1, 0.15) is 25.5 Å². The molecule has 1 aromatic heterocycles. The van der Waals surface area contributed by atoms with Gasteiger partial charge in [-0.1, -0.05) is 19.1 Å². The lowest BCUT2D eigenvalue weighted by Gasteiger charge is -2.21. The van der Waals surface area contributed by atoms with Crippen molar-refractivity contribution in [1.82, 2.24) is 9.99 Å². The molecule has 4 heteroatoms. The minimum Gasteiger partial charge on any atom is -0.344 e. The number of nitrogens with one attached hydrogen (secondary N) is 1. The van der Waals surface area contributed by atoms with E-state index in [1.165, 1.54) is 10.9 Å². The number of fused-ring (bicyclic) bond motifs is 1. The maximum atomic E-state index is 11.6. The first kappa shape index (κ1) is 12.6. The minimum atomic E-state index is -0.175. The topological polar surface area (TPSA) is 60.0 Å². The molecule has 2 atom stereocenters. The third kappa shape index (κ3) is 1.99. The number of carbonyl (C=O) groups is 1. The molecule has 0 aliphatic carbocycles. The molecule has 1 amide bonds. The van der Waals surface area contributed by atoms with Gasteiger partial charge >= 0.3 is 0 Å². The van der Waals surface area contributed by atoms with Crippen molar-refractivity contribution in [2.24, 2.45) is 11.8 Å². The number of nitrogens with two attached hydrogens (primary N) is 1. The molecule has 0 aliphatic rings. The van der Waals surface area contributed by atoms with Gasteiger partial charge < -0.3 is 4.57 Å². The summed E-state index contributed by atoms with van der Waals surface area (Å²) in [5, 5.41) is 1.23. The first-order valence-electron chi connectivity index (χ1n) is 6.13. The summed E-state index contributed by atoms with van der Waals surface area (Å²) < 4.78 is 2.13. The summed E-state index contributed by atoms with van der Waals surface area (Å²) in [7, 11) is 0. The summed E-state index contributed by atoms with van der Waals surface area (Å²) in [4.78, 5) is 11.6. The molecule has 4 nitrogen and oxygen atoms in total. The van der Waals surface area contributed by atoms with E-state index in [-0.39, 0.29) is 17.9 Å². The summed E-state index contributed by atoms with van der Waals surface area (Å²) in [6.45, 7) is 6.00. The van der Waals surface area contributed by atoms with E-state index in [1.54, 1.807) is 0 Å². The van der Waals surface area contributed by atoms with Crippen molar-refractivity contribution in [3.63, 3.8) is 0 Å². The number of hydrogen-bond acceptors (Lipinski definition) is 2. The number of carbonyl (C=O) groups excluding carboxylic acids is 1. The molecule has 2 aromatic rings. The number of amides is 1. The largest absolute Gasteiger partial charge is 0.344 e. The first-order valence-corrected chi connectivity index (χ1v) is 6.13. The molecule has 0 aliphatic heterocycles. The third-order valence-electron chi connectivity index (χ3n) is 3.70. The number of aryl methyl sites for hydroxylation is 1. The standard InChI is InChI=1S/C14H19N3O/c1-9-5-4-6-13-12(9)7-8-17(13)11(3)10(2)14(18)16-15/h4-8,10-11H,15H2,1-3H3,(H,16,18). The zero-order valence-corrected chi connectivity index (χ0v) is 11.0. The molecule has 1 heterocycles. The van der Waals surface area contributed by atoms with Gasteiger partial charge in [-0.3, -0.25) is 10.2 Å². The highest BCUT2D eigenvalue weighted by Gasteiger charge is 2.21. The molecule has 0 spiro atoms. The van der Waals surface area contributed by atoms with Crippen molar-refractivity contribution in [3.05, 3.63) is 36.0 Å². The molecule has 0 saturated carbocycles. The van der Waals surface area contributed by atoms with Gasteiger partial charge in [0.2, 0.25) is 5.91 Å². The van der Waals surface area contributed by atoms with Crippen LogP contribution in [0.5, 0.6) is 0 Å². The van der Waals surface area contributed by atoms with E-state index in [2.05, 4.69) is 35.1 Å². The summed E-state index contributed by atoms with van der Waals surface area (Å²) >= 11 is 0. The summed E-state index contributed by atoms with van der Waals surface area (Å²) in [6.07, 6.45) is 2.03. The lowest BCUT2D eigenvalue weighted by atomic mass is 10.0. The van der Waals surface area contributed by atoms with Crippen LogP contribution in [0, 0.1) is 12.8 Å². The van der Waals surface area contributed by atoms with Gasteiger partial charge in [0.15, 0.2) is 0 Å². The predicted molar refractivity (Wildman–Crippen MR) is 72.9 cm³/mol. The Morgan fingerprint density at radius 2 is 2.06 bits per heavy atom. The van der Waals surface area contributed by atoms with E-state index in [0.717, 1.165) is 5.52 Å². The second kappa shape index (κ2) is 4.82. The first-order chi connectivity index (χ1) is 8.56. The van der Waals surface area contributed by atoms with Gasteiger partial charge in [-0.25, -0.2) is 5.84 Å². The number of hydrazine groups is 1. The average molecular weight is 245 g/mol. The lowest BCUT2D eigenvalue weighted by molar-refractivity contribution is -0.125. The quantitative estimate of drug-likeness (QED) is 0.494. The van der Waals surface area contributed by atoms with Crippen molar-refractivity contribution in [1.29, 1.82) is 0 Å². The van der Waals surface area contributed by atoms with Crippen LogP contribution in [0.4, 0.5) is 0 Å². The molecular formula is C14H19N3O. The summed E-state index contributed by atoms with van der Waals surface area (Å²) in [6, 6.07) is 8.36. The van der Waals surface area contributed by atoms with E-state index in [1.807, 2.05) is 26.1 Å². The molecule has 96 valence electrons. The Morgan fingerprint density at radius 3 is 2.72 bits per heavy atom. The fourth-order valence-corrected chi connectivity index (χ4v) is 2.29. The van der Waals surface area contributed by atoms with Crippen LogP contribution < -0.4 is 11.3 Å². The molecule has 0 saturated heterocycles. The second-order valence-corrected chi connectivity index (χ2v) is 4.77. The van der Waals surface area contributed by atoms with E-state index in [9.17, 15) is 4.79 Å². The molecule has 0 fully saturated rings. The fourth-order valence-electron chi connectivity index (χ4n) is 2.29. The van der Waals surface area contributed by atoms with Crippen molar-refractivity contribution in [2.75, 3.05) is 0 Å². The van der Waals surface area contributed by atoms with Crippen LogP contribution in [-0.2, 0) is 4.79 Å². The Balaban J connectivity index is 2.42. The van der Waals surface area contributed by atoms with Crippen LogP contribution in [0.15, 0.2) is 30.5 Å². The van der Waals surface area contributed by atoms with E-state index in [4.69, 9.17) is 5.84 Å². The lowest BCUT2D eigenvalue weighted by Crippen LogP contribution is -2.37.